The summed E-state index contributed by atoms with van der Waals surface area (Å²) in [6, 6.07) is 65.9. The molecule has 3 heterocycles. The zero-order valence-electron chi connectivity index (χ0n) is 29.5. The van der Waals surface area contributed by atoms with E-state index in [4.69, 9.17) is 0 Å². The van der Waals surface area contributed by atoms with E-state index in [9.17, 15) is 10.5 Å². The summed E-state index contributed by atoms with van der Waals surface area (Å²) in [6.45, 7) is 0. The van der Waals surface area contributed by atoms with E-state index >= 15 is 0 Å². The van der Waals surface area contributed by atoms with Gasteiger partial charge in [-0.15, -0.1) is 0 Å². The molecule has 0 saturated heterocycles. The van der Waals surface area contributed by atoms with Crippen LogP contribution in [0.25, 0.3) is 93.6 Å². The quantitative estimate of drug-likeness (QED) is 0.184. The molecule has 0 saturated carbocycles. The molecule has 0 aliphatic carbocycles. The van der Waals surface area contributed by atoms with Crippen LogP contribution in [0.4, 0.5) is 0 Å². The van der Waals surface area contributed by atoms with E-state index in [2.05, 4.69) is 165 Å². The van der Waals surface area contributed by atoms with Crippen LogP contribution in [0.5, 0.6) is 0 Å². The maximum absolute atomic E-state index is 10.8. The number of nitrogens with zero attached hydrogens (tertiary/aromatic N) is 5. The molecule has 0 aliphatic rings. The summed E-state index contributed by atoms with van der Waals surface area (Å²) in [6.07, 6.45) is 0. The van der Waals surface area contributed by atoms with Crippen molar-refractivity contribution in [2.24, 2.45) is 0 Å². The third kappa shape index (κ3) is 4.45. The van der Waals surface area contributed by atoms with Gasteiger partial charge < -0.3 is 13.7 Å². The van der Waals surface area contributed by atoms with Crippen molar-refractivity contribution >= 4 is 65.4 Å². The summed E-state index contributed by atoms with van der Waals surface area (Å²) in [5, 5.41) is 27.2. The van der Waals surface area contributed by atoms with Crippen LogP contribution in [0, 0.1) is 22.7 Å². The van der Waals surface area contributed by atoms with E-state index in [1.165, 1.54) is 10.8 Å². The molecule has 0 N–H and O–H groups in total. The second-order valence-corrected chi connectivity index (χ2v) is 14.0. The Morgan fingerprint density at radius 1 is 0.345 bits per heavy atom. The predicted molar refractivity (Wildman–Crippen MR) is 224 cm³/mol. The van der Waals surface area contributed by atoms with Crippen LogP contribution in [-0.2, 0) is 0 Å². The van der Waals surface area contributed by atoms with Gasteiger partial charge in [0.15, 0.2) is 0 Å². The second-order valence-electron chi connectivity index (χ2n) is 14.0. The molecule has 55 heavy (non-hydrogen) atoms. The van der Waals surface area contributed by atoms with E-state index in [1.54, 1.807) is 0 Å². The van der Waals surface area contributed by atoms with Gasteiger partial charge in [0.1, 0.15) is 6.07 Å². The molecule has 5 heteroatoms. The number of rotatable bonds is 4. The summed E-state index contributed by atoms with van der Waals surface area (Å²) in [7, 11) is 0. The first-order chi connectivity index (χ1) is 27.2. The smallest absolute Gasteiger partial charge is 0.101 e. The molecule has 0 spiro atoms. The number of fused-ring (bicyclic) bond motifs is 9. The number of hydrogen-bond donors (Lipinski definition) is 0. The summed E-state index contributed by atoms with van der Waals surface area (Å²) in [4.78, 5) is 0. The van der Waals surface area contributed by atoms with Gasteiger partial charge in [0.25, 0.3) is 0 Å². The Morgan fingerprint density at radius 3 is 1.51 bits per heavy atom. The molecule has 0 aliphatic heterocycles. The second kappa shape index (κ2) is 11.8. The summed E-state index contributed by atoms with van der Waals surface area (Å²) in [5.74, 6) is 0. The molecule has 0 radical (unpaired) electrons. The lowest BCUT2D eigenvalue weighted by Gasteiger charge is -2.16. The number of aromatic nitrogens is 3. The van der Waals surface area contributed by atoms with Crippen molar-refractivity contribution in [2.75, 3.05) is 0 Å². The van der Waals surface area contributed by atoms with Crippen LogP contribution in [0.1, 0.15) is 11.1 Å². The number of benzene rings is 8. The molecule has 11 rings (SSSR count). The minimum absolute atomic E-state index is 0.594. The SMILES string of the molecule is N#Cc1ccc2c(c1)c1ccccc1n2-c1ccc(-c2ccc(-n3c4ccccc4c4cccc(-n5c6ccccc6c6ccccc65)c43)c(C#N)c2)cc1. The predicted octanol–water partition coefficient (Wildman–Crippen LogP) is 12.4. The average molecular weight is 700 g/mol. The Morgan fingerprint density at radius 2 is 0.873 bits per heavy atom. The van der Waals surface area contributed by atoms with Gasteiger partial charge in [-0.2, -0.15) is 10.5 Å². The lowest BCUT2D eigenvalue weighted by molar-refractivity contribution is 1.12. The Kier molecular flexibility index (Phi) is 6.61. The van der Waals surface area contributed by atoms with Crippen molar-refractivity contribution in [3.05, 3.63) is 187 Å². The minimum atomic E-state index is 0.594. The molecule has 5 nitrogen and oxygen atoms in total. The Bertz CT molecular complexity index is 3400. The molecule has 11 aromatic rings. The zero-order valence-corrected chi connectivity index (χ0v) is 29.5. The van der Waals surface area contributed by atoms with Gasteiger partial charge in [-0.05, 0) is 83.9 Å². The summed E-state index contributed by atoms with van der Waals surface area (Å²) in [5.41, 5.74) is 12.7. The molecular formula is C50H29N5. The summed E-state index contributed by atoms with van der Waals surface area (Å²) < 4.78 is 6.88. The average Bonchev–Trinajstić information content (AvgIpc) is 3.89. The van der Waals surface area contributed by atoms with Gasteiger partial charge >= 0.3 is 0 Å². The Balaban J connectivity index is 1.08. The molecule has 3 aromatic heterocycles. The topological polar surface area (TPSA) is 62.4 Å². The normalized spacial score (nSPS) is 11.6. The van der Waals surface area contributed by atoms with E-state index < -0.39 is 0 Å². The molecular weight excluding hydrogens is 671 g/mol. The first kappa shape index (κ1) is 30.7. The molecule has 8 aromatic carbocycles. The lowest BCUT2D eigenvalue weighted by atomic mass is 10.0. The van der Waals surface area contributed by atoms with Crippen LogP contribution in [0.2, 0.25) is 0 Å². The van der Waals surface area contributed by atoms with Gasteiger partial charge in [0.2, 0.25) is 0 Å². The highest BCUT2D eigenvalue weighted by molar-refractivity contribution is 6.15. The molecule has 0 atom stereocenters. The van der Waals surface area contributed by atoms with Gasteiger partial charge in [-0.3, -0.25) is 0 Å². The van der Waals surface area contributed by atoms with E-state index in [1.807, 2.05) is 36.4 Å². The maximum atomic E-state index is 10.8. The highest BCUT2D eigenvalue weighted by Gasteiger charge is 2.21. The third-order valence-corrected chi connectivity index (χ3v) is 11.1. The Labute approximate surface area is 316 Å². The van der Waals surface area contributed by atoms with E-state index in [0.717, 1.165) is 82.8 Å². The van der Waals surface area contributed by atoms with Gasteiger partial charge in [0, 0.05) is 38.0 Å². The number of hydrogen-bond acceptors (Lipinski definition) is 2. The van der Waals surface area contributed by atoms with Crippen molar-refractivity contribution < 1.29 is 0 Å². The molecule has 0 unspecified atom stereocenters. The highest BCUT2D eigenvalue weighted by atomic mass is 15.1. The molecule has 0 bridgehead atoms. The number of nitriles is 2. The fourth-order valence-electron chi connectivity index (χ4n) is 8.74. The monoisotopic (exact) mass is 699 g/mol. The highest BCUT2D eigenvalue weighted by Crippen LogP contribution is 2.41. The third-order valence-electron chi connectivity index (χ3n) is 11.1. The maximum Gasteiger partial charge on any atom is 0.101 e. The molecule has 0 amide bonds. The van der Waals surface area contributed by atoms with Crippen LogP contribution in [-0.4, -0.2) is 13.7 Å². The van der Waals surface area contributed by atoms with Crippen molar-refractivity contribution in [2.45, 2.75) is 0 Å². The van der Waals surface area contributed by atoms with Gasteiger partial charge in [-0.1, -0.05) is 103 Å². The standard InChI is InChI=1S/C50H29N5/c51-30-32-20-26-48-42(28-32)40-13-4-5-15-44(40)53(48)36-24-21-33(22-25-36)34-23-27-43(35(29-34)31-52)55-47-18-8-3-12-39(47)41-14-9-19-49(50(41)55)54-45-16-6-1-10-37(45)38-11-2-7-17-46(38)54/h1-29H. The van der Waals surface area contributed by atoms with E-state index in [0.29, 0.717) is 11.1 Å². The van der Waals surface area contributed by atoms with Crippen LogP contribution in [0.15, 0.2) is 176 Å². The van der Waals surface area contributed by atoms with Crippen molar-refractivity contribution in [3.63, 3.8) is 0 Å². The fourth-order valence-corrected chi connectivity index (χ4v) is 8.74. The summed E-state index contributed by atoms with van der Waals surface area (Å²) >= 11 is 0. The number of para-hydroxylation sites is 5. The van der Waals surface area contributed by atoms with Gasteiger partial charge in [0.05, 0.1) is 61.7 Å². The molecule has 254 valence electrons. The van der Waals surface area contributed by atoms with Gasteiger partial charge in [-0.25, -0.2) is 0 Å². The van der Waals surface area contributed by atoms with Crippen LogP contribution >= 0.6 is 0 Å². The van der Waals surface area contributed by atoms with Crippen LogP contribution in [0.3, 0.4) is 0 Å². The first-order valence-corrected chi connectivity index (χ1v) is 18.3. The minimum Gasteiger partial charge on any atom is -0.309 e. The lowest BCUT2D eigenvalue weighted by Crippen LogP contribution is -2.02. The fraction of sp³-hybridized carbons (Fsp3) is 0. The largest absolute Gasteiger partial charge is 0.309 e. The first-order valence-electron chi connectivity index (χ1n) is 18.3. The van der Waals surface area contributed by atoms with Crippen molar-refractivity contribution in [3.8, 4) is 40.3 Å². The Hall–Kier alpha value is -7.86. The molecule has 0 fully saturated rings. The van der Waals surface area contributed by atoms with Crippen molar-refractivity contribution in [1.29, 1.82) is 10.5 Å². The van der Waals surface area contributed by atoms with Crippen LogP contribution < -0.4 is 0 Å². The van der Waals surface area contributed by atoms with E-state index in [-0.39, 0.29) is 0 Å². The zero-order chi connectivity index (χ0) is 36.6. The van der Waals surface area contributed by atoms with Crippen molar-refractivity contribution in [1.82, 2.24) is 13.7 Å².